The number of amides is 2. The van der Waals surface area contributed by atoms with Crippen molar-refractivity contribution in [3.63, 3.8) is 0 Å². The molecule has 1 aliphatic rings. The summed E-state index contributed by atoms with van der Waals surface area (Å²) in [7, 11) is 1.47. The van der Waals surface area contributed by atoms with Crippen molar-refractivity contribution in [1.29, 1.82) is 0 Å². The summed E-state index contributed by atoms with van der Waals surface area (Å²) in [6.07, 6.45) is 2.05. The van der Waals surface area contributed by atoms with Gasteiger partial charge in [-0.1, -0.05) is 16.8 Å². The molecule has 1 aromatic carbocycles. The lowest BCUT2D eigenvalue weighted by molar-refractivity contribution is 0.0897. The molecule has 8 nitrogen and oxygen atoms in total. The standard InChI is InChI=1S/C16H17ClN4O4/c1-24-12-5-4-10(17)8-11(12)14(22)18-6-7-19-15(23)16-20-13(21-25-16)9-2-3-9/h4-5,8-9H,2-3,6-7H2,1H3,(H,18,22)(H,19,23). The van der Waals surface area contributed by atoms with E-state index in [9.17, 15) is 9.59 Å². The van der Waals surface area contributed by atoms with Gasteiger partial charge in [-0.2, -0.15) is 4.98 Å². The lowest BCUT2D eigenvalue weighted by Crippen LogP contribution is -2.35. The molecule has 2 amide bonds. The van der Waals surface area contributed by atoms with Gasteiger partial charge in [-0.05, 0) is 31.0 Å². The van der Waals surface area contributed by atoms with E-state index in [0.717, 1.165) is 12.8 Å². The molecule has 1 saturated carbocycles. The second kappa shape index (κ2) is 7.52. The predicted molar refractivity (Wildman–Crippen MR) is 88.9 cm³/mol. The van der Waals surface area contributed by atoms with E-state index < -0.39 is 5.91 Å². The quantitative estimate of drug-likeness (QED) is 0.725. The fraction of sp³-hybridized carbons (Fsp3) is 0.375. The number of ether oxygens (including phenoxy) is 1. The molecule has 9 heteroatoms. The highest BCUT2D eigenvalue weighted by molar-refractivity contribution is 6.31. The maximum Gasteiger partial charge on any atom is 0.315 e. The van der Waals surface area contributed by atoms with Crippen LogP contribution in [-0.2, 0) is 0 Å². The Morgan fingerprint density at radius 2 is 2.00 bits per heavy atom. The number of hydrogen-bond donors (Lipinski definition) is 2. The zero-order valence-corrected chi connectivity index (χ0v) is 14.3. The number of nitrogens with one attached hydrogen (secondary N) is 2. The van der Waals surface area contributed by atoms with Gasteiger partial charge in [0.2, 0.25) is 0 Å². The average Bonchev–Trinajstić information content (AvgIpc) is 3.35. The van der Waals surface area contributed by atoms with Crippen LogP contribution in [0.25, 0.3) is 0 Å². The number of methoxy groups -OCH3 is 1. The molecule has 3 rings (SSSR count). The summed E-state index contributed by atoms with van der Waals surface area (Å²) < 4.78 is 10.1. The molecule has 1 aromatic heterocycles. The van der Waals surface area contributed by atoms with Gasteiger partial charge in [0.25, 0.3) is 5.91 Å². The van der Waals surface area contributed by atoms with E-state index >= 15 is 0 Å². The molecule has 0 radical (unpaired) electrons. The molecule has 0 aliphatic heterocycles. The molecular weight excluding hydrogens is 348 g/mol. The normalized spacial score (nSPS) is 13.4. The van der Waals surface area contributed by atoms with Crippen LogP contribution in [0.5, 0.6) is 5.75 Å². The number of benzene rings is 1. The van der Waals surface area contributed by atoms with E-state index in [1.807, 2.05) is 0 Å². The molecule has 1 aliphatic carbocycles. The Labute approximate surface area is 148 Å². The number of aromatic nitrogens is 2. The van der Waals surface area contributed by atoms with Crippen LogP contribution < -0.4 is 15.4 Å². The number of nitrogens with zero attached hydrogens (tertiary/aromatic N) is 2. The van der Waals surface area contributed by atoms with Crippen LogP contribution in [0.3, 0.4) is 0 Å². The number of carbonyl (C=O) groups excluding carboxylic acids is 2. The first kappa shape index (κ1) is 17.2. The summed E-state index contributed by atoms with van der Waals surface area (Å²) in [5.74, 6) is 0.439. The van der Waals surface area contributed by atoms with Crippen molar-refractivity contribution in [3.8, 4) is 5.75 Å². The molecule has 0 bridgehead atoms. The summed E-state index contributed by atoms with van der Waals surface area (Å²) in [6.45, 7) is 0.443. The summed E-state index contributed by atoms with van der Waals surface area (Å²) in [5.41, 5.74) is 0.326. The van der Waals surface area contributed by atoms with Gasteiger partial charge in [0.05, 0.1) is 12.7 Å². The largest absolute Gasteiger partial charge is 0.496 e. The van der Waals surface area contributed by atoms with E-state index in [0.29, 0.717) is 28.1 Å². The Morgan fingerprint density at radius 3 is 2.68 bits per heavy atom. The third-order valence-corrected chi connectivity index (χ3v) is 3.92. The van der Waals surface area contributed by atoms with Crippen molar-refractivity contribution in [3.05, 3.63) is 40.5 Å². The highest BCUT2D eigenvalue weighted by Crippen LogP contribution is 2.38. The summed E-state index contributed by atoms with van der Waals surface area (Å²) in [6, 6.07) is 4.77. The molecule has 2 N–H and O–H groups in total. The zero-order chi connectivity index (χ0) is 17.8. The minimum Gasteiger partial charge on any atom is -0.496 e. The molecule has 1 heterocycles. The number of halogens is 1. The van der Waals surface area contributed by atoms with Crippen LogP contribution in [0.4, 0.5) is 0 Å². The molecule has 25 heavy (non-hydrogen) atoms. The van der Waals surface area contributed by atoms with Gasteiger partial charge in [-0.3, -0.25) is 9.59 Å². The van der Waals surface area contributed by atoms with Gasteiger partial charge in [-0.15, -0.1) is 0 Å². The number of rotatable bonds is 7. The van der Waals surface area contributed by atoms with Gasteiger partial charge in [0, 0.05) is 24.0 Å². The van der Waals surface area contributed by atoms with Crippen LogP contribution in [0, 0.1) is 0 Å². The summed E-state index contributed by atoms with van der Waals surface area (Å²) in [4.78, 5) is 28.1. The van der Waals surface area contributed by atoms with E-state index in [4.69, 9.17) is 20.9 Å². The van der Waals surface area contributed by atoms with Gasteiger partial charge in [0.1, 0.15) is 5.75 Å². The van der Waals surface area contributed by atoms with Crippen molar-refractivity contribution in [2.75, 3.05) is 20.2 Å². The lowest BCUT2D eigenvalue weighted by atomic mass is 10.2. The minimum atomic E-state index is -0.464. The van der Waals surface area contributed by atoms with Crippen molar-refractivity contribution in [2.45, 2.75) is 18.8 Å². The SMILES string of the molecule is COc1ccc(Cl)cc1C(=O)NCCNC(=O)c1nc(C2CC2)no1. The van der Waals surface area contributed by atoms with Gasteiger partial charge < -0.3 is 19.9 Å². The molecule has 0 spiro atoms. The van der Waals surface area contributed by atoms with Crippen LogP contribution in [-0.4, -0.2) is 42.2 Å². The van der Waals surface area contributed by atoms with Crippen LogP contribution in [0.2, 0.25) is 5.02 Å². The Kier molecular flexibility index (Phi) is 5.18. The van der Waals surface area contributed by atoms with Gasteiger partial charge in [0.15, 0.2) is 5.82 Å². The topological polar surface area (TPSA) is 106 Å². The minimum absolute atomic E-state index is 0.0651. The van der Waals surface area contributed by atoms with Gasteiger partial charge >= 0.3 is 11.8 Å². The Bertz CT molecular complexity index is 788. The summed E-state index contributed by atoms with van der Waals surface area (Å²) in [5, 5.41) is 9.51. The van der Waals surface area contributed by atoms with Crippen molar-refractivity contribution in [1.82, 2.24) is 20.8 Å². The van der Waals surface area contributed by atoms with E-state index in [1.54, 1.807) is 12.1 Å². The Hall–Kier alpha value is -2.61. The average molecular weight is 365 g/mol. The van der Waals surface area contributed by atoms with Crippen molar-refractivity contribution >= 4 is 23.4 Å². The molecular formula is C16H17ClN4O4. The van der Waals surface area contributed by atoms with E-state index in [-0.39, 0.29) is 24.9 Å². The second-order valence-corrected chi connectivity index (χ2v) is 6.02. The molecule has 0 unspecified atom stereocenters. The number of hydrogen-bond acceptors (Lipinski definition) is 6. The monoisotopic (exact) mass is 364 g/mol. The first-order valence-corrected chi connectivity index (χ1v) is 8.20. The zero-order valence-electron chi connectivity index (χ0n) is 13.5. The van der Waals surface area contributed by atoms with E-state index in [2.05, 4.69) is 20.8 Å². The number of carbonyl (C=O) groups is 2. The van der Waals surface area contributed by atoms with Crippen LogP contribution in [0.15, 0.2) is 22.7 Å². The highest BCUT2D eigenvalue weighted by atomic mass is 35.5. The van der Waals surface area contributed by atoms with Crippen molar-refractivity contribution in [2.24, 2.45) is 0 Å². The third kappa shape index (κ3) is 4.27. The molecule has 0 saturated heterocycles. The van der Waals surface area contributed by atoms with Crippen LogP contribution >= 0.6 is 11.6 Å². The lowest BCUT2D eigenvalue weighted by Gasteiger charge is -2.09. The predicted octanol–water partition coefficient (Wildman–Crippen LogP) is 1.77. The highest BCUT2D eigenvalue weighted by Gasteiger charge is 2.29. The maximum atomic E-state index is 12.2. The molecule has 132 valence electrons. The van der Waals surface area contributed by atoms with Crippen LogP contribution in [0.1, 0.15) is 45.6 Å². The fourth-order valence-electron chi connectivity index (χ4n) is 2.21. The smallest absolute Gasteiger partial charge is 0.315 e. The molecule has 0 atom stereocenters. The second-order valence-electron chi connectivity index (χ2n) is 5.59. The fourth-order valence-corrected chi connectivity index (χ4v) is 2.39. The van der Waals surface area contributed by atoms with E-state index in [1.165, 1.54) is 13.2 Å². The van der Waals surface area contributed by atoms with Crippen molar-refractivity contribution < 1.29 is 18.8 Å². The first-order chi connectivity index (χ1) is 12.1. The Morgan fingerprint density at radius 1 is 1.28 bits per heavy atom. The molecule has 2 aromatic rings. The summed E-state index contributed by atoms with van der Waals surface area (Å²) >= 11 is 5.90. The maximum absolute atomic E-state index is 12.2. The third-order valence-electron chi connectivity index (χ3n) is 3.68. The molecule has 1 fully saturated rings. The first-order valence-electron chi connectivity index (χ1n) is 7.82. The van der Waals surface area contributed by atoms with Gasteiger partial charge in [-0.25, -0.2) is 0 Å². The Balaban J connectivity index is 1.46.